The van der Waals surface area contributed by atoms with Crippen LogP contribution in [-0.4, -0.2) is 44.3 Å². The minimum atomic E-state index is -3.48. The van der Waals surface area contributed by atoms with E-state index in [9.17, 15) is 9.36 Å². The van der Waals surface area contributed by atoms with Gasteiger partial charge in [0, 0.05) is 6.54 Å². The summed E-state index contributed by atoms with van der Waals surface area (Å²) in [6.07, 6.45) is 2.75. The van der Waals surface area contributed by atoms with Gasteiger partial charge in [0.2, 0.25) is 0 Å². The number of nitrogens with two attached hydrogens (primary N) is 1. The molecule has 0 amide bonds. The van der Waals surface area contributed by atoms with Crippen LogP contribution in [0.1, 0.15) is 13.8 Å². The molecule has 0 saturated heterocycles. The fraction of sp³-hybridized carbons (Fsp3) is 0.333. The number of para-hydroxylation sites is 1. The van der Waals surface area contributed by atoms with Crippen molar-refractivity contribution >= 4 is 30.3 Å². The number of hydrogen-bond donors (Lipinski definition) is 2. The molecule has 0 fully saturated rings. The Morgan fingerprint density at radius 3 is 2.76 bits per heavy atom. The molecule has 10 nitrogen and oxygen atoms in total. The van der Waals surface area contributed by atoms with Crippen LogP contribution in [0.2, 0.25) is 0 Å². The number of benzene rings is 1. The minimum absolute atomic E-state index is 0.149. The maximum Gasteiger partial charge on any atom is 0.342 e. The number of hydrogen-bond acceptors (Lipinski definition) is 8. The molecule has 29 heavy (non-hydrogen) atoms. The first-order chi connectivity index (χ1) is 13.9. The van der Waals surface area contributed by atoms with Crippen molar-refractivity contribution in [2.45, 2.75) is 26.4 Å². The van der Waals surface area contributed by atoms with Crippen LogP contribution in [0.25, 0.3) is 11.2 Å². The number of fused-ring (bicyclic) bond motifs is 1. The normalized spacial score (nSPS) is 14.4. The Labute approximate surface area is 168 Å². The standard InChI is InChI=1S/C18H23N6O4P/c1-13(14(2)25)23-29(26,28-15-6-4-3-5-7-15)12-27-9-8-24-11-22-16-17(19)20-10-21-18(16)24/h3-7,10-11,13H,8-9,12H2,1-2H3,(H,23,26)(H2,19,20,21)/t13-,29?/m0/s1. The molecule has 2 atom stereocenters. The van der Waals surface area contributed by atoms with Gasteiger partial charge in [-0.15, -0.1) is 0 Å². The van der Waals surface area contributed by atoms with Crippen molar-refractivity contribution < 1.29 is 18.6 Å². The lowest BCUT2D eigenvalue weighted by atomic mass is 10.3. The summed E-state index contributed by atoms with van der Waals surface area (Å²) < 4.78 is 26.3. The SMILES string of the molecule is CC(=O)[C@H](C)NP(=O)(COCCn1cnc2c(N)ncnc21)Oc1ccccc1. The first kappa shape index (κ1) is 20.9. The minimum Gasteiger partial charge on any atom is -0.431 e. The molecule has 1 aromatic carbocycles. The number of nitrogens with one attached hydrogen (secondary N) is 1. The Kier molecular flexibility index (Phi) is 6.58. The number of carbonyl (C=O) groups is 1. The molecule has 2 aromatic heterocycles. The van der Waals surface area contributed by atoms with Crippen molar-refractivity contribution in [3.8, 4) is 5.75 Å². The molecule has 0 aliphatic rings. The summed E-state index contributed by atoms with van der Waals surface area (Å²) in [4.78, 5) is 23.9. The van der Waals surface area contributed by atoms with Crippen LogP contribution in [0.3, 0.4) is 0 Å². The van der Waals surface area contributed by atoms with Crippen molar-refractivity contribution in [3.63, 3.8) is 0 Å². The van der Waals surface area contributed by atoms with Crippen molar-refractivity contribution in [2.75, 3.05) is 18.7 Å². The number of Topliss-reactive ketones (excluding diaryl/α,β-unsaturated/α-hetero) is 1. The lowest BCUT2D eigenvalue weighted by Gasteiger charge is -2.23. The van der Waals surface area contributed by atoms with Gasteiger partial charge in [0.05, 0.1) is 19.0 Å². The van der Waals surface area contributed by atoms with E-state index in [1.165, 1.54) is 13.3 Å². The summed E-state index contributed by atoms with van der Waals surface area (Å²) in [5.74, 6) is 0.581. The topological polar surface area (TPSA) is 134 Å². The first-order valence-electron chi connectivity index (χ1n) is 8.99. The Morgan fingerprint density at radius 2 is 2.03 bits per heavy atom. The van der Waals surface area contributed by atoms with Crippen molar-refractivity contribution in [1.29, 1.82) is 0 Å². The number of ether oxygens (including phenoxy) is 1. The summed E-state index contributed by atoms with van der Waals surface area (Å²) in [6.45, 7) is 3.70. The Hall–Kier alpha value is -2.81. The van der Waals surface area contributed by atoms with Crippen LogP contribution >= 0.6 is 7.52 Å². The maximum atomic E-state index is 13.2. The number of anilines is 1. The van der Waals surface area contributed by atoms with Gasteiger partial charge in [0.25, 0.3) is 0 Å². The summed E-state index contributed by atoms with van der Waals surface area (Å²) in [5.41, 5.74) is 6.89. The molecule has 0 saturated carbocycles. The lowest BCUT2D eigenvalue weighted by Crippen LogP contribution is -2.32. The highest BCUT2D eigenvalue weighted by atomic mass is 31.2. The average Bonchev–Trinajstić information content (AvgIpc) is 3.10. The Bertz CT molecular complexity index is 1030. The quantitative estimate of drug-likeness (QED) is 0.375. The van der Waals surface area contributed by atoms with E-state index in [1.807, 2.05) is 6.07 Å². The molecule has 0 radical (unpaired) electrons. The van der Waals surface area contributed by atoms with E-state index >= 15 is 0 Å². The zero-order valence-electron chi connectivity index (χ0n) is 16.2. The molecule has 1 unspecified atom stereocenters. The van der Waals surface area contributed by atoms with Crippen LogP contribution in [-0.2, 0) is 20.6 Å². The Balaban J connectivity index is 1.63. The van der Waals surface area contributed by atoms with Crippen LogP contribution in [0, 0.1) is 0 Å². The highest BCUT2D eigenvalue weighted by Gasteiger charge is 2.29. The fourth-order valence-electron chi connectivity index (χ4n) is 2.54. The predicted octanol–water partition coefficient (Wildman–Crippen LogP) is 2.22. The summed E-state index contributed by atoms with van der Waals surface area (Å²) in [6, 6.07) is 8.11. The van der Waals surface area contributed by atoms with Gasteiger partial charge in [-0.1, -0.05) is 18.2 Å². The highest BCUT2D eigenvalue weighted by molar-refractivity contribution is 7.57. The summed E-state index contributed by atoms with van der Waals surface area (Å²) in [7, 11) is -3.48. The zero-order valence-corrected chi connectivity index (χ0v) is 17.1. The molecule has 0 bridgehead atoms. The van der Waals surface area contributed by atoms with E-state index in [4.69, 9.17) is 15.0 Å². The van der Waals surface area contributed by atoms with Gasteiger partial charge in [-0.2, -0.15) is 0 Å². The number of aromatic nitrogens is 4. The molecule has 154 valence electrons. The van der Waals surface area contributed by atoms with Gasteiger partial charge in [0.15, 0.2) is 11.5 Å². The second-order valence-corrected chi connectivity index (χ2v) is 8.49. The number of nitrogens with zero attached hydrogens (tertiary/aromatic N) is 4. The molecule has 3 rings (SSSR count). The monoisotopic (exact) mass is 418 g/mol. The third-order valence-corrected chi connectivity index (χ3v) is 5.97. The van der Waals surface area contributed by atoms with Gasteiger partial charge in [0.1, 0.15) is 29.7 Å². The first-order valence-corrected chi connectivity index (χ1v) is 10.8. The third kappa shape index (κ3) is 5.38. The second-order valence-electron chi connectivity index (χ2n) is 6.45. The number of carbonyl (C=O) groups excluding carboxylic acids is 1. The number of imidazole rings is 1. The summed E-state index contributed by atoms with van der Waals surface area (Å²) >= 11 is 0. The molecule has 3 N–H and O–H groups in total. The van der Waals surface area contributed by atoms with E-state index in [-0.39, 0.29) is 18.7 Å². The second kappa shape index (κ2) is 9.13. The maximum absolute atomic E-state index is 13.2. The molecular weight excluding hydrogens is 395 g/mol. The molecule has 3 aromatic rings. The van der Waals surface area contributed by atoms with E-state index in [1.54, 1.807) is 42.1 Å². The van der Waals surface area contributed by atoms with Crippen LogP contribution < -0.4 is 15.3 Å². The van der Waals surface area contributed by atoms with Crippen LogP contribution in [0.4, 0.5) is 5.82 Å². The van der Waals surface area contributed by atoms with Gasteiger partial charge < -0.3 is 19.6 Å². The zero-order chi connectivity index (χ0) is 20.9. The molecule has 0 aliphatic carbocycles. The molecule has 0 aliphatic heterocycles. The Morgan fingerprint density at radius 1 is 1.28 bits per heavy atom. The highest BCUT2D eigenvalue weighted by Crippen LogP contribution is 2.43. The predicted molar refractivity (Wildman–Crippen MR) is 109 cm³/mol. The number of ketones is 1. The van der Waals surface area contributed by atoms with Crippen molar-refractivity contribution in [2.24, 2.45) is 0 Å². The summed E-state index contributed by atoms with van der Waals surface area (Å²) in [5, 5.41) is 2.77. The van der Waals surface area contributed by atoms with E-state index in [0.717, 1.165) is 0 Å². The van der Waals surface area contributed by atoms with Gasteiger partial charge in [-0.3, -0.25) is 9.36 Å². The van der Waals surface area contributed by atoms with Gasteiger partial charge >= 0.3 is 7.52 Å². The largest absolute Gasteiger partial charge is 0.431 e. The lowest BCUT2D eigenvalue weighted by molar-refractivity contribution is -0.118. The van der Waals surface area contributed by atoms with Crippen LogP contribution in [0.5, 0.6) is 5.75 Å². The van der Waals surface area contributed by atoms with E-state index in [2.05, 4.69) is 20.0 Å². The average molecular weight is 418 g/mol. The smallest absolute Gasteiger partial charge is 0.342 e. The molecule has 2 heterocycles. The van der Waals surface area contributed by atoms with Crippen molar-refractivity contribution in [3.05, 3.63) is 43.0 Å². The number of rotatable bonds is 10. The van der Waals surface area contributed by atoms with Crippen molar-refractivity contribution in [1.82, 2.24) is 24.6 Å². The molecule has 11 heteroatoms. The van der Waals surface area contributed by atoms with E-state index < -0.39 is 13.6 Å². The molecule has 0 spiro atoms. The van der Waals surface area contributed by atoms with E-state index in [0.29, 0.717) is 29.3 Å². The number of nitrogen functional groups attached to an aromatic ring is 1. The third-order valence-electron chi connectivity index (χ3n) is 4.16. The van der Waals surface area contributed by atoms with Gasteiger partial charge in [-0.05, 0) is 26.0 Å². The molecular formula is C18H23N6O4P. The van der Waals surface area contributed by atoms with Gasteiger partial charge in [-0.25, -0.2) is 20.0 Å². The van der Waals surface area contributed by atoms with Crippen LogP contribution in [0.15, 0.2) is 43.0 Å². The fourth-order valence-corrected chi connectivity index (χ4v) is 4.32.